The zero-order valence-electron chi connectivity index (χ0n) is 16.9. The second kappa shape index (κ2) is 7.93. The summed E-state index contributed by atoms with van der Waals surface area (Å²) in [5, 5.41) is 1.16. The number of hydrogen-bond acceptors (Lipinski definition) is 2. The number of hydrogen-bond donors (Lipinski definition) is 0. The Morgan fingerprint density at radius 1 is 0.786 bits per heavy atom. The van der Waals surface area contributed by atoms with E-state index in [4.69, 9.17) is 4.98 Å². The maximum atomic E-state index is 4.87. The Morgan fingerprint density at radius 2 is 1.43 bits per heavy atom. The number of pyridine rings is 2. The molecule has 0 N–H and O–H groups in total. The van der Waals surface area contributed by atoms with Crippen LogP contribution >= 0.6 is 0 Å². The molecule has 28 heavy (non-hydrogen) atoms. The van der Waals surface area contributed by atoms with Crippen LogP contribution in [0.15, 0.2) is 66.9 Å². The molecular formula is C26H26N2. The van der Waals surface area contributed by atoms with Crippen molar-refractivity contribution < 1.29 is 0 Å². The SMILES string of the molecule is CCCCc1ccc(-c2ccc(-c3cc(C)c4c(C)nccc4n3)cc2)cc1. The molecule has 0 aliphatic heterocycles. The van der Waals surface area contributed by atoms with E-state index in [0.29, 0.717) is 0 Å². The number of fused-ring (bicyclic) bond motifs is 1. The summed E-state index contributed by atoms with van der Waals surface area (Å²) in [7, 11) is 0. The predicted octanol–water partition coefficient (Wildman–Crippen LogP) is 6.92. The van der Waals surface area contributed by atoms with Crippen LogP contribution in [0, 0.1) is 13.8 Å². The molecule has 0 fully saturated rings. The fourth-order valence-corrected chi connectivity index (χ4v) is 3.80. The molecule has 2 nitrogen and oxygen atoms in total. The molecular weight excluding hydrogens is 340 g/mol. The average molecular weight is 367 g/mol. The van der Waals surface area contributed by atoms with Gasteiger partial charge in [-0.2, -0.15) is 0 Å². The molecule has 2 heteroatoms. The fraction of sp³-hybridized carbons (Fsp3) is 0.231. The highest BCUT2D eigenvalue weighted by Crippen LogP contribution is 2.28. The van der Waals surface area contributed by atoms with Gasteiger partial charge < -0.3 is 0 Å². The second-order valence-electron chi connectivity index (χ2n) is 7.49. The monoisotopic (exact) mass is 366 g/mol. The fourth-order valence-electron chi connectivity index (χ4n) is 3.80. The predicted molar refractivity (Wildman–Crippen MR) is 118 cm³/mol. The van der Waals surface area contributed by atoms with E-state index in [-0.39, 0.29) is 0 Å². The standard InChI is InChI=1S/C26H26N2/c1-4-5-6-20-7-9-21(10-8-20)22-11-13-23(14-12-22)25-17-18(2)26-19(3)27-16-15-24(26)28-25/h7-17H,4-6H2,1-3H3. The zero-order chi connectivity index (χ0) is 19.5. The van der Waals surface area contributed by atoms with Crippen LogP contribution < -0.4 is 0 Å². The third-order valence-electron chi connectivity index (χ3n) is 5.39. The molecule has 2 aromatic heterocycles. The Hall–Kier alpha value is -3.00. The largest absolute Gasteiger partial charge is 0.261 e. The summed E-state index contributed by atoms with van der Waals surface area (Å²) in [5.74, 6) is 0. The van der Waals surface area contributed by atoms with E-state index < -0.39 is 0 Å². The van der Waals surface area contributed by atoms with Crippen LogP contribution in [0.5, 0.6) is 0 Å². The van der Waals surface area contributed by atoms with Crippen molar-refractivity contribution in [3.63, 3.8) is 0 Å². The second-order valence-corrected chi connectivity index (χ2v) is 7.49. The Bertz CT molecular complexity index is 1090. The number of unbranched alkanes of at least 4 members (excludes halogenated alkanes) is 1. The van der Waals surface area contributed by atoms with Crippen LogP contribution in [0.1, 0.15) is 36.6 Å². The quantitative estimate of drug-likeness (QED) is 0.383. The van der Waals surface area contributed by atoms with Gasteiger partial charge in [0.1, 0.15) is 0 Å². The first kappa shape index (κ1) is 18.4. The van der Waals surface area contributed by atoms with Crippen molar-refractivity contribution in [2.75, 3.05) is 0 Å². The van der Waals surface area contributed by atoms with Gasteiger partial charge in [0.25, 0.3) is 0 Å². The van der Waals surface area contributed by atoms with E-state index in [1.165, 1.54) is 35.1 Å². The lowest BCUT2D eigenvalue weighted by atomic mass is 9.99. The molecule has 0 unspecified atom stereocenters. The van der Waals surface area contributed by atoms with Crippen molar-refractivity contribution in [1.82, 2.24) is 9.97 Å². The van der Waals surface area contributed by atoms with Gasteiger partial charge in [0.05, 0.1) is 11.2 Å². The van der Waals surface area contributed by atoms with Crippen molar-refractivity contribution in [2.24, 2.45) is 0 Å². The maximum absolute atomic E-state index is 4.87. The van der Waals surface area contributed by atoms with E-state index in [1.807, 2.05) is 19.2 Å². The lowest BCUT2D eigenvalue weighted by Gasteiger charge is -2.09. The van der Waals surface area contributed by atoms with Crippen molar-refractivity contribution in [3.8, 4) is 22.4 Å². The Balaban J connectivity index is 1.62. The number of nitrogens with zero attached hydrogens (tertiary/aromatic N) is 2. The molecule has 140 valence electrons. The first-order valence-corrected chi connectivity index (χ1v) is 10.1. The average Bonchev–Trinajstić information content (AvgIpc) is 2.72. The maximum Gasteiger partial charge on any atom is 0.0745 e. The van der Waals surface area contributed by atoms with E-state index in [0.717, 1.165) is 34.3 Å². The minimum atomic E-state index is 1.01. The number of aryl methyl sites for hydroxylation is 3. The molecule has 2 aromatic carbocycles. The molecule has 4 rings (SSSR count). The van der Waals surface area contributed by atoms with Crippen molar-refractivity contribution >= 4 is 10.9 Å². The highest BCUT2D eigenvalue weighted by molar-refractivity contribution is 5.86. The lowest BCUT2D eigenvalue weighted by Crippen LogP contribution is -1.92. The molecule has 0 radical (unpaired) electrons. The normalized spacial score (nSPS) is 11.1. The van der Waals surface area contributed by atoms with Gasteiger partial charge in [-0.15, -0.1) is 0 Å². The third-order valence-corrected chi connectivity index (χ3v) is 5.39. The van der Waals surface area contributed by atoms with Crippen LogP contribution in [-0.4, -0.2) is 9.97 Å². The summed E-state index contributed by atoms with van der Waals surface area (Å²) in [5.41, 5.74) is 9.33. The first-order valence-electron chi connectivity index (χ1n) is 10.1. The number of aromatic nitrogens is 2. The lowest BCUT2D eigenvalue weighted by molar-refractivity contribution is 0.795. The van der Waals surface area contributed by atoms with Gasteiger partial charge in [-0.1, -0.05) is 61.9 Å². The van der Waals surface area contributed by atoms with Crippen LogP contribution in [0.4, 0.5) is 0 Å². The van der Waals surface area contributed by atoms with Gasteiger partial charge in [0.15, 0.2) is 0 Å². The molecule has 0 aliphatic carbocycles. The first-order chi connectivity index (χ1) is 13.7. The molecule has 0 aliphatic rings. The van der Waals surface area contributed by atoms with E-state index in [1.54, 1.807) is 0 Å². The summed E-state index contributed by atoms with van der Waals surface area (Å²) >= 11 is 0. The van der Waals surface area contributed by atoms with Gasteiger partial charge in [0, 0.05) is 22.8 Å². The molecule has 0 bridgehead atoms. The highest BCUT2D eigenvalue weighted by atomic mass is 14.7. The zero-order valence-corrected chi connectivity index (χ0v) is 16.9. The molecule has 2 heterocycles. The Morgan fingerprint density at radius 3 is 2.11 bits per heavy atom. The summed E-state index contributed by atoms with van der Waals surface area (Å²) < 4.78 is 0. The van der Waals surface area contributed by atoms with Gasteiger partial charge in [-0.05, 0) is 61.1 Å². The highest BCUT2D eigenvalue weighted by Gasteiger charge is 2.08. The van der Waals surface area contributed by atoms with Crippen LogP contribution in [0.2, 0.25) is 0 Å². The molecule has 0 spiro atoms. The summed E-state index contributed by atoms with van der Waals surface area (Å²) in [4.78, 5) is 9.27. The molecule has 0 saturated heterocycles. The summed E-state index contributed by atoms with van der Waals surface area (Å²) in [6.07, 6.45) is 5.49. The van der Waals surface area contributed by atoms with Crippen molar-refractivity contribution in [3.05, 3.63) is 83.7 Å². The van der Waals surface area contributed by atoms with Gasteiger partial charge in [0.2, 0.25) is 0 Å². The van der Waals surface area contributed by atoms with E-state index >= 15 is 0 Å². The smallest absolute Gasteiger partial charge is 0.0745 e. The van der Waals surface area contributed by atoms with Crippen LogP contribution in [-0.2, 0) is 6.42 Å². The Kier molecular flexibility index (Phi) is 5.21. The van der Waals surface area contributed by atoms with Gasteiger partial charge in [-0.25, -0.2) is 4.98 Å². The van der Waals surface area contributed by atoms with E-state index in [9.17, 15) is 0 Å². The summed E-state index contributed by atoms with van der Waals surface area (Å²) in [6, 6.07) is 21.8. The number of benzene rings is 2. The molecule has 0 atom stereocenters. The minimum absolute atomic E-state index is 1.01. The molecule has 4 aromatic rings. The third kappa shape index (κ3) is 3.68. The van der Waals surface area contributed by atoms with Crippen molar-refractivity contribution in [2.45, 2.75) is 40.0 Å². The topological polar surface area (TPSA) is 25.8 Å². The molecule has 0 amide bonds. The van der Waals surface area contributed by atoms with Crippen LogP contribution in [0.3, 0.4) is 0 Å². The Labute approximate surface area is 167 Å². The van der Waals surface area contributed by atoms with E-state index in [2.05, 4.69) is 73.4 Å². The minimum Gasteiger partial charge on any atom is -0.261 e. The van der Waals surface area contributed by atoms with Gasteiger partial charge in [-0.3, -0.25) is 4.98 Å². The van der Waals surface area contributed by atoms with Crippen LogP contribution in [0.25, 0.3) is 33.3 Å². The number of rotatable bonds is 5. The van der Waals surface area contributed by atoms with Gasteiger partial charge >= 0.3 is 0 Å². The molecule has 0 saturated carbocycles. The van der Waals surface area contributed by atoms with Crippen molar-refractivity contribution in [1.29, 1.82) is 0 Å². The summed E-state index contributed by atoms with van der Waals surface area (Å²) in [6.45, 7) is 6.41.